The fourth-order valence-corrected chi connectivity index (χ4v) is 1.97. The van der Waals surface area contributed by atoms with E-state index in [2.05, 4.69) is 25.8 Å². The molecule has 0 fully saturated rings. The van der Waals surface area contributed by atoms with E-state index in [0.717, 1.165) is 22.2 Å². The summed E-state index contributed by atoms with van der Waals surface area (Å²) in [5.41, 5.74) is 8.60. The minimum atomic E-state index is 0.00311. The van der Waals surface area contributed by atoms with Crippen molar-refractivity contribution < 1.29 is 4.74 Å². The van der Waals surface area contributed by atoms with Crippen molar-refractivity contribution in [1.29, 1.82) is 0 Å². The quantitative estimate of drug-likeness (QED) is 0.835. The number of aromatic amines is 1. The molecule has 1 aromatic heterocycles. The Kier molecular flexibility index (Phi) is 2.87. The van der Waals surface area contributed by atoms with Crippen molar-refractivity contribution in [1.82, 2.24) is 4.98 Å². The van der Waals surface area contributed by atoms with E-state index in [1.165, 1.54) is 0 Å². The number of nitrogens with two attached hydrogens (primary N) is 1. The average Bonchev–Trinajstić information content (AvgIpc) is 2.69. The lowest BCUT2D eigenvalue weighted by atomic mass is 9.83. The van der Waals surface area contributed by atoms with E-state index in [1.54, 1.807) is 7.11 Å². The SMILES string of the molecule is COc1ccc2[nH]cc([C@@H](N)C(C)(C)C)c2c1. The molecule has 1 aromatic carbocycles. The molecule has 17 heavy (non-hydrogen) atoms. The molecule has 0 aliphatic heterocycles. The summed E-state index contributed by atoms with van der Waals surface area (Å²) in [7, 11) is 1.68. The number of hydrogen-bond donors (Lipinski definition) is 2. The Balaban J connectivity index is 2.54. The molecule has 0 spiro atoms. The lowest BCUT2D eigenvalue weighted by molar-refractivity contribution is 0.328. The van der Waals surface area contributed by atoms with E-state index < -0.39 is 0 Å². The Morgan fingerprint density at radius 2 is 2.00 bits per heavy atom. The smallest absolute Gasteiger partial charge is 0.119 e. The van der Waals surface area contributed by atoms with Gasteiger partial charge in [-0.2, -0.15) is 0 Å². The first-order valence-electron chi connectivity index (χ1n) is 5.84. The highest BCUT2D eigenvalue weighted by molar-refractivity contribution is 5.85. The molecule has 2 aromatic rings. The highest BCUT2D eigenvalue weighted by atomic mass is 16.5. The van der Waals surface area contributed by atoms with Crippen molar-refractivity contribution in [2.24, 2.45) is 11.1 Å². The molecule has 0 aliphatic rings. The largest absolute Gasteiger partial charge is 0.497 e. The fourth-order valence-electron chi connectivity index (χ4n) is 1.97. The van der Waals surface area contributed by atoms with Gasteiger partial charge in [0, 0.05) is 23.1 Å². The molecule has 92 valence electrons. The highest BCUT2D eigenvalue weighted by Crippen LogP contribution is 2.35. The van der Waals surface area contributed by atoms with E-state index in [-0.39, 0.29) is 11.5 Å². The lowest BCUT2D eigenvalue weighted by Gasteiger charge is -2.26. The minimum Gasteiger partial charge on any atom is -0.497 e. The summed E-state index contributed by atoms with van der Waals surface area (Å²) in [6, 6.07) is 6.01. The van der Waals surface area contributed by atoms with Crippen LogP contribution in [0.15, 0.2) is 24.4 Å². The molecule has 1 atom stereocenters. The second kappa shape index (κ2) is 4.08. The van der Waals surface area contributed by atoms with Crippen LogP contribution in [0, 0.1) is 5.41 Å². The van der Waals surface area contributed by atoms with Crippen molar-refractivity contribution in [3.63, 3.8) is 0 Å². The van der Waals surface area contributed by atoms with Crippen LogP contribution in [0.5, 0.6) is 5.75 Å². The second-order valence-electron chi connectivity index (χ2n) is 5.50. The van der Waals surface area contributed by atoms with E-state index in [9.17, 15) is 0 Å². The van der Waals surface area contributed by atoms with Crippen LogP contribution >= 0.6 is 0 Å². The number of fused-ring (bicyclic) bond motifs is 1. The molecule has 0 radical (unpaired) electrons. The van der Waals surface area contributed by atoms with E-state index in [0.29, 0.717) is 0 Å². The third kappa shape index (κ3) is 2.15. The molecule has 1 heterocycles. The van der Waals surface area contributed by atoms with Gasteiger partial charge in [-0.3, -0.25) is 0 Å². The van der Waals surface area contributed by atoms with Gasteiger partial charge in [-0.05, 0) is 29.2 Å². The Hall–Kier alpha value is -1.48. The van der Waals surface area contributed by atoms with Gasteiger partial charge in [-0.15, -0.1) is 0 Å². The van der Waals surface area contributed by atoms with Gasteiger partial charge in [0.15, 0.2) is 0 Å². The number of nitrogens with one attached hydrogen (secondary N) is 1. The number of hydrogen-bond acceptors (Lipinski definition) is 2. The van der Waals surface area contributed by atoms with Crippen LogP contribution in [0.3, 0.4) is 0 Å². The van der Waals surface area contributed by atoms with E-state index in [4.69, 9.17) is 10.5 Å². The lowest BCUT2D eigenvalue weighted by Crippen LogP contribution is -2.25. The highest BCUT2D eigenvalue weighted by Gasteiger charge is 2.24. The van der Waals surface area contributed by atoms with Gasteiger partial charge in [0.05, 0.1) is 7.11 Å². The molecule has 0 aliphatic carbocycles. The minimum absolute atomic E-state index is 0.00311. The Labute approximate surface area is 102 Å². The summed E-state index contributed by atoms with van der Waals surface area (Å²) in [6.07, 6.45) is 2.00. The Morgan fingerprint density at radius 1 is 1.29 bits per heavy atom. The third-order valence-corrected chi connectivity index (χ3v) is 3.19. The average molecular weight is 232 g/mol. The van der Waals surface area contributed by atoms with Crippen molar-refractivity contribution in [2.75, 3.05) is 7.11 Å². The summed E-state index contributed by atoms with van der Waals surface area (Å²) in [5, 5.41) is 1.15. The van der Waals surface area contributed by atoms with E-state index >= 15 is 0 Å². The van der Waals surface area contributed by atoms with Crippen LogP contribution in [-0.4, -0.2) is 12.1 Å². The Morgan fingerprint density at radius 3 is 2.59 bits per heavy atom. The zero-order valence-corrected chi connectivity index (χ0v) is 10.9. The van der Waals surface area contributed by atoms with Crippen LogP contribution in [0.4, 0.5) is 0 Å². The first-order chi connectivity index (χ1) is 7.93. The van der Waals surface area contributed by atoms with Crippen molar-refractivity contribution in [3.8, 4) is 5.75 Å². The van der Waals surface area contributed by atoms with Gasteiger partial charge < -0.3 is 15.5 Å². The summed E-state index contributed by atoms with van der Waals surface area (Å²) < 4.78 is 5.26. The maximum atomic E-state index is 6.31. The number of benzene rings is 1. The first kappa shape index (κ1) is 12.0. The van der Waals surface area contributed by atoms with Gasteiger partial charge in [0.1, 0.15) is 5.75 Å². The molecule has 0 amide bonds. The number of H-pyrrole nitrogens is 1. The molecular formula is C14H20N2O. The maximum Gasteiger partial charge on any atom is 0.119 e. The molecule has 0 saturated carbocycles. The summed E-state index contributed by atoms with van der Waals surface area (Å²) in [6.45, 7) is 6.45. The second-order valence-corrected chi connectivity index (χ2v) is 5.50. The summed E-state index contributed by atoms with van der Waals surface area (Å²) in [5.74, 6) is 0.861. The zero-order valence-electron chi connectivity index (χ0n) is 10.9. The number of rotatable bonds is 2. The third-order valence-electron chi connectivity index (χ3n) is 3.19. The van der Waals surface area contributed by atoms with Gasteiger partial charge in [-0.25, -0.2) is 0 Å². The predicted octanol–water partition coefficient (Wildman–Crippen LogP) is 3.22. The molecule has 3 N–H and O–H groups in total. The maximum absolute atomic E-state index is 6.31. The summed E-state index contributed by atoms with van der Waals surface area (Å²) >= 11 is 0. The Bertz CT molecular complexity index is 522. The van der Waals surface area contributed by atoms with Gasteiger partial charge in [0.25, 0.3) is 0 Å². The first-order valence-corrected chi connectivity index (χ1v) is 5.84. The van der Waals surface area contributed by atoms with Crippen molar-refractivity contribution in [3.05, 3.63) is 30.0 Å². The molecule has 3 heteroatoms. The molecular weight excluding hydrogens is 212 g/mol. The molecule has 0 saturated heterocycles. The van der Waals surface area contributed by atoms with Gasteiger partial charge in [0.2, 0.25) is 0 Å². The van der Waals surface area contributed by atoms with Crippen LogP contribution < -0.4 is 10.5 Å². The summed E-state index contributed by atoms with van der Waals surface area (Å²) in [4.78, 5) is 3.26. The number of ether oxygens (including phenoxy) is 1. The zero-order chi connectivity index (χ0) is 12.6. The predicted molar refractivity (Wildman–Crippen MR) is 71.2 cm³/mol. The molecule has 0 bridgehead atoms. The van der Waals surface area contributed by atoms with E-state index in [1.807, 2.05) is 24.4 Å². The van der Waals surface area contributed by atoms with Gasteiger partial charge in [-0.1, -0.05) is 20.8 Å². The van der Waals surface area contributed by atoms with Crippen LogP contribution in [0.25, 0.3) is 10.9 Å². The fraction of sp³-hybridized carbons (Fsp3) is 0.429. The molecule has 0 unspecified atom stereocenters. The van der Waals surface area contributed by atoms with Crippen LogP contribution in [0.2, 0.25) is 0 Å². The van der Waals surface area contributed by atoms with Gasteiger partial charge >= 0.3 is 0 Å². The number of aromatic nitrogens is 1. The van der Waals surface area contributed by atoms with Crippen LogP contribution in [-0.2, 0) is 0 Å². The standard InChI is InChI=1S/C14H20N2O/c1-14(2,3)13(15)11-8-16-12-6-5-9(17-4)7-10(11)12/h5-8,13,16H,15H2,1-4H3/t13-/m1/s1. The van der Waals surface area contributed by atoms with Crippen LogP contribution in [0.1, 0.15) is 32.4 Å². The topological polar surface area (TPSA) is 51.0 Å². The number of methoxy groups -OCH3 is 1. The molecule has 2 rings (SSSR count). The van der Waals surface area contributed by atoms with Crippen molar-refractivity contribution >= 4 is 10.9 Å². The van der Waals surface area contributed by atoms with Crippen molar-refractivity contribution in [2.45, 2.75) is 26.8 Å². The normalized spacial score (nSPS) is 13.9. The monoisotopic (exact) mass is 232 g/mol. The molecule has 3 nitrogen and oxygen atoms in total.